The molecular formula is C19H16F3NO4S. The van der Waals surface area contributed by atoms with Crippen molar-refractivity contribution in [3.8, 4) is 22.6 Å². The Labute approximate surface area is 162 Å². The monoisotopic (exact) mass is 411 g/mol. The predicted molar refractivity (Wildman–Crippen MR) is 97.1 cm³/mol. The number of alkyl halides is 2. The zero-order valence-electron chi connectivity index (χ0n) is 14.6. The molecule has 5 nitrogen and oxygen atoms in total. The Morgan fingerprint density at radius 1 is 1.21 bits per heavy atom. The van der Waals surface area contributed by atoms with Gasteiger partial charge in [-0.1, -0.05) is 12.1 Å². The van der Waals surface area contributed by atoms with E-state index in [-0.39, 0.29) is 34.8 Å². The molecule has 9 heteroatoms. The lowest BCUT2D eigenvalue weighted by molar-refractivity contribution is -0.0498. The average Bonchev–Trinajstić information content (AvgIpc) is 3.16. The van der Waals surface area contributed by atoms with Gasteiger partial charge in [0, 0.05) is 11.8 Å². The molecule has 0 spiro atoms. The molecule has 0 bridgehead atoms. The van der Waals surface area contributed by atoms with Crippen LogP contribution in [0.1, 0.15) is 21.6 Å². The second-order valence-electron chi connectivity index (χ2n) is 5.67. The number of aliphatic hydroxyl groups excluding tert-OH is 2. The Kier molecular flexibility index (Phi) is 6.18. The maximum Gasteiger partial charge on any atom is 0.387 e. The highest BCUT2D eigenvalue weighted by molar-refractivity contribution is 7.11. The van der Waals surface area contributed by atoms with Crippen molar-refractivity contribution in [2.45, 2.75) is 19.3 Å². The first-order chi connectivity index (χ1) is 13.4. The van der Waals surface area contributed by atoms with Crippen molar-refractivity contribution >= 4 is 11.3 Å². The third-order valence-corrected chi connectivity index (χ3v) is 5.01. The van der Waals surface area contributed by atoms with Crippen molar-refractivity contribution in [2.75, 3.05) is 7.11 Å². The fourth-order valence-electron chi connectivity index (χ4n) is 2.73. The number of halogens is 3. The van der Waals surface area contributed by atoms with Crippen molar-refractivity contribution in [1.29, 1.82) is 0 Å². The Bertz CT molecular complexity index is 964. The van der Waals surface area contributed by atoms with Crippen LogP contribution in [0.25, 0.3) is 11.1 Å². The van der Waals surface area contributed by atoms with Crippen LogP contribution in [0.15, 0.2) is 42.6 Å². The van der Waals surface area contributed by atoms with Crippen LogP contribution in [-0.4, -0.2) is 28.9 Å². The van der Waals surface area contributed by atoms with Crippen LogP contribution in [-0.2, 0) is 6.61 Å². The van der Waals surface area contributed by atoms with Gasteiger partial charge < -0.3 is 19.7 Å². The number of aromatic nitrogens is 1. The minimum Gasteiger partial charge on any atom is -0.496 e. The summed E-state index contributed by atoms with van der Waals surface area (Å²) in [7, 11) is 1.35. The summed E-state index contributed by atoms with van der Waals surface area (Å²) in [5.41, 5.74) is 0.219. The van der Waals surface area contributed by atoms with Crippen LogP contribution < -0.4 is 9.47 Å². The number of aliphatic hydroxyl groups is 2. The summed E-state index contributed by atoms with van der Waals surface area (Å²) >= 11 is 1.05. The molecule has 2 N–H and O–H groups in total. The summed E-state index contributed by atoms with van der Waals surface area (Å²) in [4.78, 5) is 4.29. The van der Waals surface area contributed by atoms with E-state index in [1.807, 2.05) is 0 Å². The summed E-state index contributed by atoms with van der Waals surface area (Å²) in [6, 6.07) is 8.41. The van der Waals surface area contributed by atoms with Crippen LogP contribution >= 0.6 is 11.3 Å². The first kappa shape index (κ1) is 20.1. The van der Waals surface area contributed by atoms with Gasteiger partial charge in [-0.05, 0) is 29.8 Å². The molecule has 0 fully saturated rings. The van der Waals surface area contributed by atoms with Crippen LogP contribution in [0.2, 0.25) is 0 Å². The highest BCUT2D eigenvalue weighted by Gasteiger charge is 2.23. The molecule has 0 aliphatic heterocycles. The van der Waals surface area contributed by atoms with Crippen molar-refractivity contribution in [2.24, 2.45) is 0 Å². The van der Waals surface area contributed by atoms with Gasteiger partial charge in [0.25, 0.3) is 0 Å². The van der Waals surface area contributed by atoms with Gasteiger partial charge in [0.1, 0.15) is 28.4 Å². The molecule has 0 saturated heterocycles. The standard InChI is InChI=1S/C19H16F3NO4S/c1-26-13-6-5-12(18(25)14-8-23-15(9-24)28-14)17(20)16(13)10-3-2-4-11(7-10)27-19(21)22/h2-8,18-19,24-25H,9H2,1H3/t18-/m1/s1. The fourth-order valence-corrected chi connectivity index (χ4v) is 3.52. The zero-order chi connectivity index (χ0) is 20.3. The van der Waals surface area contributed by atoms with Gasteiger partial charge >= 0.3 is 6.61 Å². The predicted octanol–water partition coefficient (Wildman–Crippen LogP) is 4.13. The highest BCUT2D eigenvalue weighted by atomic mass is 32.1. The number of rotatable bonds is 7. The first-order valence-corrected chi connectivity index (χ1v) is 8.91. The molecule has 28 heavy (non-hydrogen) atoms. The van der Waals surface area contributed by atoms with Gasteiger partial charge in [0.05, 0.1) is 24.2 Å². The first-order valence-electron chi connectivity index (χ1n) is 8.09. The molecular weight excluding hydrogens is 395 g/mol. The second-order valence-corrected chi connectivity index (χ2v) is 6.82. The molecule has 0 saturated carbocycles. The van der Waals surface area contributed by atoms with Crippen LogP contribution in [0, 0.1) is 5.82 Å². The van der Waals surface area contributed by atoms with Crippen LogP contribution in [0.3, 0.4) is 0 Å². The number of methoxy groups -OCH3 is 1. The summed E-state index contributed by atoms with van der Waals surface area (Å²) in [6.45, 7) is -3.30. The Balaban J connectivity index is 2.07. The number of ether oxygens (including phenoxy) is 2. The Morgan fingerprint density at radius 2 is 2.00 bits per heavy atom. The normalized spacial score (nSPS) is 12.2. The van der Waals surface area contributed by atoms with Crippen molar-refractivity contribution in [3.05, 3.63) is 63.9 Å². The zero-order valence-corrected chi connectivity index (χ0v) is 15.4. The molecule has 2 aromatic carbocycles. The molecule has 3 aromatic rings. The molecule has 3 rings (SSSR count). The van der Waals surface area contributed by atoms with E-state index in [1.165, 1.54) is 49.7 Å². The molecule has 0 amide bonds. The maximum absolute atomic E-state index is 15.3. The largest absolute Gasteiger partial charge is 0.496 e. The third kappa shape index (κ3) is 4.11. The molecule has 0 aliphatic rings. The molecule has 0 radical (unpaired) electrons. The lowest BCUT2D eigenvalue weighted by Gasteiger charge is -2.16. The van der Waals surface area contributed by atoms with E-state index in [0.29, 0.717) is 9.88 Å². The summed E-state index contributed by atoms with van der Waals surface area (Å²) < 4.78 is 49.9. The number of thiazole rings is 1. The Hall–Kier alpha value is -2.62. The van der Waals surface area contributed by atoms with Crippen LogP contribution in [0.5, 0.6) is 11.5 Å². The van der Waals surface area contributed by atoms with Gasteiger partial charge in [-0.15, -0.1) is 11.3 Å². The molecule has 0 aliphatic carbocycles. The maximum atomic E-state index is 15.3. The van der Waals surface area contributed by atoms with E-state index in [4.69, 9.17) is 9.84 Å². The van der Waals surface area contributed by atoms with Crippen LogP contribution in [0.4, 0.5) is 13.2 Å². The number of benzene rings is 2. The number of hydrogen-bond donors (Lipinski definition) is 2. The number of nitrogens with zero attached hydrogens (tertiary/aromatic N) is 1. The van der Waals surface area contributed by atoms with E-state index < -0.39 is 18.5 Å². The van der Waals surface area contributed by atoms with Crippen molar-refractivity contribution < 1.29 is 32.9 Å². The topological polar surface area (TPSA) is 71.8 Å². The smallest absolute Gasteiger partial charge is 0.387 e. The molecule has 148 valence electrons. The fraction of sp³-hybridized carbons (Fsp3) is 0.211. The second kappa shape index (κ2) is 8.59. The van der Waals surface area contributed by atoms with Gasteiger partial charge in [0.15, 0.2) is 0 Å². The van der Waals surface area contributed by atoms with Gasteiger partial charge in [0.2, 0.25) is 0 Å². The SMILES string of the molecule is COc1ccc([C@@H](O)c2cnc(CO)s2)c(F)c1-c1cccc(OC(F)F)c1. The third-order valence-electron chi connectivity index (χ3n) is 3.97. The van der Waals surface area contributed by atoms with E-state index in [9.17, 15) is 13.9 Å². The summed E-state index contributed by atoms with van der Waals surface area (Å²) in [6.07, 6.45) is 0.0457. The van der Waals surface area contributed by atoms with Gasteiger partial charge in [-0.2, -0.15) is 8.78 Å². The summed E-state index contributed by atoms with van der Waals surface area (Å²) in [5, 5.41) is 20.1. The van der Waals surface area contributed by atoms with Gasteiger partial charge in [-0.3, -0.25) is 0 Å². The lowest BCUT2D eigenvalue weighted by Crippen LogP contribution is -2.04. The summed E-state index contributed by atoms with van der Waals surface area (Å²) in [5.74, 6) is -0.724. The minimum absolute atomic E-state index is 0.00524. The highest BCUT2D eigenvalue weighted by Crippen LogP contribution is 2.39. The van der Waals surface area contributed by atoms with E-state index >= 15 is 4.39 Å². The Morgan fingerprint density at radius 3 is 2.64 bits per heavy atom. The van der Waals surface area contributed by atoms with Gasteiger partial charge in [-0.25, -0.2) is 9.37 Å². The quantitative estimate of drug-likeness (QED) is 0.612. The number of hydrogen-bond acceptors (Lipinski definition) is 6. The lowest BCUT2D eigenvalue weighted by atomic mass is 9.97. The molecule has 1 aromatic heterocycles. The van der Waals surface area contributed by atoms with Crippen molar-refractivity contribution in [3.63, 3.8) is 0 Å². The van der Waals surface area contributed by atoms with E-state index in [0.717, 1.165) is 11.3 Å². The van der Waals surface area contributed by atoms with E-state index in [1.54, 1.807) is 0 Å². The molecule has 1 heterocycles. The molecule has 1 atom stereocenters. The van der Waals surface area contributed by atoms with Crippen molar-refractivity contribution in [1.82, 2.24) is 4.98 Å². The molecule has 0 unspecified atom stereocenters. The van der Waals surface area contributed by atoms with E-state index in [2.05, 4.69) is 9.72 Å². The average molecular weight is 411 g/mol. The minimum atomic E-state index is -3.01.